The molecule has 0 saturated heterocycles. The van der Waals surface area contributed by atoms with Crippen LogP contribution in [0, 0.1) is 0 Å². The Kier molecular flexibility index (Phi) is 4.61. The van der Waals surface area contributed by atoms with E-state index in [1.807, 2.05) is 0 Å². The lowest BCUT2D eigenvalue weighted by atomic mass is 10.2. The molecule has 0 aliphatic carbocycles. The van der Waals surface area contributed by atoms with E-state index < -0.39 is 5.97 Å². The second-order valence-electron chi connectivity index (χ2n) is 3.79. The Morgan fingerprint density at radius 1 is 1.10 bits per heavy atom. The molecule has 0 aliphatic heterocycles. The molecule has 102 valence electrons. The quantitative estimate of drug-likeness (QED) is 0.683. The first-order valence-electron chi connectivity index (χ1n) is 5.55. The molecule has 0 amide bonds. The molecule has 0 aliphatic rings. The van der Waals surface area contributed by atoms with Crippen LogP contribution in [0.2, 0.25) is 10.0 Å². The van der Waals surface area contributed by atoms with Gasteiger partial charge in [-0.25, -0.2) is 4.79 Å². The van der Waals surface area contributed by atoms with Crippen LogP contribution < -0.4 is 4.84 Å². The number of carboxylic acid groups (broad SMARTS) is 1. The van der Waals surface area contributed by atoms with Crippen molar-refractivity contribution in [2.24, 2.45) is 5.16 Å². The average molecular weight is 310 g/mol. The van der Waals surface area contributed by atoms with E-state index in [4.69, 9.17) is 33.1 Å². The average Bonchev–Trinajstić information content (AvgIpc) is 2.42. The van der Waals surface area contributed by atoms with Crippen LogP contribution in [0.5, 0.6) is 5.75 Å². The first-order chi connectivity index (χ1) is 9.58. The van der Waals surface area contributed by atoms with Crippen molar-refractivity contribution >= 4 is 35.4 Å². The van der Waals surface area contributed by atoms with Gasteiger partial charge >= 0.3 is 5.97 Å². The summed E-state index contributed by atoms with van der Waals surface area (Å²) < 4.78 is 0. The summed E-state index contributed by atoms with van der Waals surface area (Å²) in [6.07, 6.45) is 1.40. The highest BCUT2D eigenvalue weighted by Crippen LogP contribution is 2.22. The van der Waals surface area contributed by atoms with Gasteiger partial charge in [0.25, 0.3) is 0 Å². The van der Waals surface area contributed by atoms with Crippen molar-refractivity contribution in [2.75, 3.05) is 0 Å². The number of rotatable bonds is 4. The Bertz CT molecular complexity index is 634. The van der Waals surface area contributed by atoms with E-state index in [1.165, 1.54) is 30.5 Å². The molecule has 0 spiro atoms. The van der Waals surface area contributed by atoms with Gasteiger partial charge in [0.1, 0.15) is 0 Å². The van der Waals surface area contributed by atoms with Crippen molar-refractivity contribution in [1.29, 1.82) is 0 Å². The fourth-order valence-corrected chi connectivity index (χ4v) is 1.93. The van der Waals surface area contributed by atoms with E-state index >= 15 is 0 Å². The monoisotopic (exact) mass is 309 g/mol. The first kappa shape index (κ1) is 14.4. The molecule has 2 rings (SSSR count). The summed E-state index contributed by atoms with van der Waals surface area (Å²) in [5.41, 5.74) is 0.730. The minimum atomic E-state index is -0.997. The first-order valence-corrected chi connectivity index (χ1v) is 6.31. The van der Waals surface area contributed by atoms with Crippen LogP contribution in [0.25, 0.3) is 0 Å². The Labute approximate surface area is 125 Å². The zero-order chi connectivity index (χ0) is 14.5. The highest BCUT2D eigenvalue weighted by molar-refractivity contribution is 6.38. The predicted octanol–water partition coefficient (Wildman–Crippen LogP) is 4.10. The van der Waals surface area contributed by atoms with E-state index in [2.05, 4.69) is 5.16 Å². The van der Waals surface area contributed by atoms with E-state index in [-0.39, 0.29) is 5.56 Å². The minimum Gasteiger partial charge on any atom is -0.478 e. The summed E-state index contributed by atoms with van der Waals surface area (Å²) in [7, 11) is 0. The van der Waals surface area contributed by atoms with Gasteiger partial charge in [-0.3, -0.25) is 0 Å². The Morgan fingerprint density at radius 2 is 1.70 bits per heavy atom. The molecule has 1 N–H and O–H groups in total. The topological polar surface area (TPSA) is 58.9 Å². The Hall–Kier alpha value is -2.04. The summed E-state index contributed by atoms with van der Waals surface area (Å²) >= 11 is 11.9. The second kappa shape index (κ2) is 6.41. The lowest BCUT2D eigenvalue weighted by molar-refractivity contribution is 0.0697. The summed E-state index contributed by atoms with van der Waals surface area (Å²) in [5, 5.41) is 13.5. The second-order valence-corrected chi connectivity index (χ2v) is 4.61. The Morgan fingerprint density at radius 3 is 2.25 bits per heavy atom. The van der Waals surface area contributed by atoms with Crippen LogP contribution in [-0.2, 0) is 0 Å². The minimum absolute atomic E-state index is 0.176. The molecule has 0 aromatic heterocycles. The van der Waals surface area contributed by atoms with Crippen molar-refractivity contribution in [3.63, 3.8) is 0 Å². The molecule has 4 nitrogen and oxygen atoms in total. The molecule has 2 aromatic carbocycles. The molecular weight excluding hydrogens is 301 g/mol. The van der Waals surface area contributed by atoms with Crippen molar-refractivity contribution in [2.45, 2.75) is 0 Å². The van der Waals surface area contributed by atoms with Gasteiger partial charge in [-0.15, -0.1) is 0 Å². The lowest BCUT2D eigenvalue weighted by Crippen LogP contribution is -1.95. The molecule has 2 aromatic rings. The molecular formula is C14H9Cl2NO3. The molecule has 0 heterocycles. The highest BCUT2D eigenvalue weighted by Gasteiger charge is 2.03. The molecule has 0 bridgehead atoms. The number of benzene rings is 2. The van der Waals surface area contributed by atoms with Crippen LogP contribution in [0.4, 0.5) is 0 Å². The molecule has 0 fully saturated rings. The standard InChI is InChI=1S/C14H9Cl2NO3/c15-12-2-1-3-13(16)11(12)8-17-20-10-6-4-9(5-7-10)14(18)19/h1-8H,(H,18,19)/b17-8-. The van der Waals surface area contributed by atoms with Gasteiger partial charge < -0.3 is 9.94 Å². The molecule has 0 saturated carbocycles. The van der Waals surface area contributed by atoms with Crippen molar-refractivity contribution in [1.82, 2.24) is 0 Å². The van der Waals surface area contributed by atoms with Gasteiger partial charge in [0.2, 0.25) is 0 Å². The van der Waals surface area contributed by atoms with Crippen LogP contribution in [-0.4, -0.2) is 17.3 Å². The number of hydrogen-bond acceptors (Lipinski definition) is 3. The van der Waals surface area contributed by atoms with E-state index in [9.17, 15) is 4.79 Å². The maximum atomic E-state index is 10.7. The van der Waals surface area contributed by atoms with Crippen molar-refractivity contribution in [3.05, 3.63) is 63.6 Å². The number of oxime groups is 1. The van der Waals surface area contributed by atoms with E-state index in [1.54, 1.807) is 18.2 Å². The largest absolute Gasteiger partial charge is 0.478 e. The number of nitrogens with zero attached hydrogens (tertiary/aromatic N) is 1. The van der Waals surface area contributed by atoms with Gasteiger partial charge in [0.15, 0.2) is 5.75 Å². The number of hydrogen-bond donors (Lipinski definition) is 1. The number of aromatic carboxylic acids is 1. The van der Waals surface area contributed by atoms with Gasteiger partial charge in [-0.2, -0.15) is 0 Å². The number of carbonyl (C=O) groups is 1. The van der Waals surface area contributed by atoms with Gasteiger partial charge in [-0.05, 0) is 36.4 Å². The van der Waals surface area contributed by atoms with Crippen molar-refractivity contribution in [3.8, 4) is 5.75 Å². The van der Waals surface area contributed by atoms with Crippen LogP contribution in [0.15, 0.2) is 47.6 Å². The van der Waals surface area contributed by atoms with Gasteiger partial charge in [0, 0.05) is 5.56 Å². The third kappa shape index (κ3) is 3.50. The maximum absolute atomic E-state index is 10.7. The van der Waals surface area contributed by atoms with Crippen molar-refractivity contribution < 1.29 is 14.7 Å². The predicted molar refractivity (Wildman–Crippen MR) is 78.1 cm³/mol. The number of carboxylic acids is 1. The summed E-state index contributed by atoms with van der Waals surface area (Å²) in [6, 6.07) is 11.0. The highest BCUT2D eigenvalue weighted by atomic mass is 35.5. The summed E-state index contributed by atoms with van der Waals surface area (Å²) in [5.74, 6) is -0.586. The molecule has 6 heteroatoms. The van der Waals surface area contributed by atoms with Crippen LogP contribution in [0.3, 0.4) is 0 Å². The fourth-order valence-electron chi connectivity index (χ4n) is 1.43. The van der Waals surface area contributed by atoms with E-state index in [0.717, 1.165) is 0 Å². The SMILES string of the molecule is O=C(O)c1ccc(O/N=C\c2c(Cl)cccc2Cl)cc1. The van der Waals surface area contributed by atoms with E-state index in [0.29, 0.717) is 21.4 Å². The van der Waals surface area contributed by atoms with Crippen LogP contribution in [0.1, 0.15) is 15.9 Å². The maximum Gasteiger partial charge on any atom is 0.335 e. The third-order valence-corrected chi connectivity index (χ3v) is 3.10. The zero-order valence-corrected chi connectivity index (χ0v) is 11.6. The normalized spacial score (nSPS) is 10.7. The smallest absolute Gasteiger partial charge is 0.335 e. The third-order valence-electron chi connectivity index (χ3n) is 2.44. The summed E-state index contributed by atoms with van der Waals surface area (Å²) in [4.78, 5) is 15.8. The van der Waals surface area contributed by atoms with Crippen LogP contribution >= 0.6 is 23.2 Å². The Balaban J connectivity index is 2.08. The molecule has 0 unspecified atom stereocenters. The summed E-state index contributed by atoms with van der Waals surface area (Å²) in [6.45, 7) is 0. The van der Waals surface area contributed by atoms with Gasteiger partial charge in [-0.1, -0.05) is 34.4 Å². The number of halogens is 2. The molecule has 0 radical (unpaired) electrons. The zero-order valence-electron chi connectivity index (χ0n) is 10.1. The molecule has 20 heavy (non-hydrogen) atoms. The fraction of sp³-hybridized carbons (Fsp3) is 0. The van der Waals surface area contributed by atoms with Gasteiger partial charge in [0.05, 0.1) is 21.8 Å². The molecule has 0 atom stereocenters. The lowest BCUT2D eigenvalue weighted by Gasteiger charge is -2.01.